The molecule has 31 heavy (non-hydrogen) atoms. The van der Waals surface area contributed by atoms with E-state index in [0.717, 1.165) is 22.0 Å². The summed E-state index contributed by atoms with van der Waals surface area (Å²) in [6.45, 7) is 1.10. The molecule has 162 valence electrons. The van der Waals surface area contributed by atoms with Crippen molar-refractivity contribution in [3.63, 3.8) is 0 Å². The van der Waals surface area contributed by atoms with Crippen molar-refractivity contribution in [3.05, 3.63) is 87.9 Å². The zero-order chi connectivity index (χ0) is 22.8. The number of aryl methyl sites for hydroxylation is 1. The van der Waals surface area contributed by atoms with E-state index in [4.69, 9.17) is 23.2 Å². The lowest BCUT2D eigenvalue weighted by Gasteiger charge is -2.24. The molecule has 0 aromatic heterocycles. The standard InChI is InChI=1S/C21H16Cl2F2N2O3S/c1-13-2-5-18(6-3-13)31(29,30)27(17-9-14(22)8-15(23)10-17)12-21(28)26-20-7-4-16(24)11-19(20)25/h2-11H,12H2,1H3,(H,26,28). The number of sulfonamides is 1. The summed E-state index contributed by atoms with van der Waals surface area (Å²) in [4.78, 5) is 12.5. The Bertz CT molecular complexity index is 1220. The first-order valence-electron chi connectivity index (χ1n) is 8.86. The molecule has 0 spiro atoms. The fraction of sp³-hybridized carbons (Fsp3) is 0.0952. The van der Waals surface area contributed by atoms with Gasteiger partial charge in [0, 0.05) is 16.1 Å². The van der Waals surface area contributed by atoms with E-state index in [2.05, 4.69) is 5.32 Å². The maximum absolute atomic E-state index is 13.9. The highest BCUT2D eigenvalue weighted by molar-refractivity contribution is 7.92. The second-order valence-corrected chi connectivity index (χ2v) is 9.36. The fourth-order valence-electron chi connectivity index (χ4n) is 2.75. The molecule has 0 aliphatic heterocycles. The SMILES string of the molecule is Cc1ccc(S(=O)(=O)N(CC(=O)Nc2ccc(F)cc2F)c2cc(Cl)cc(Cl)c2)cc1. The number of rotatable bonds is 6. The molecule has 0 radical (unpaired) electrons. The van der Waals surface area contributed by atoms with Crippen LogP contribution >= 0.6 is 23.2 Å². The van der Waals surface area contributed by atoms with Crippen molar-refractivity contribution < 1.29 is 22.0 Å². The number of nitrogens with one attached hydrogen (secondary N) is 1. The molecule has 3 aromatic carbocycles. The Morgan fingerprint density at radius 3 is 2.16 bits per heavy atom. The summed E-state index contributed by atoms with van der Waals surface area (Å²) in [5.74, 6) is -2.66. The summed E-state index contributed by atoms with van der Waals surface area (Å²) in [6, 6.07) is 12.7. The number of carbonyl (C=O) groups is 1. The van der Waals surface area contributed by atoms with Gasteiger partial charge in [-0.2, -0.15) is 0 Å². The van der Waals surface area contributed by atoms with Gasteiger partial charge in [-0.1, -0.05) is 40.9 Å². The minimum Gasteiger partial charge on any atom is -0.322 e. The van der Waals surface area contributed by atoms with Crippen LogP contribution in [0, 0.1) is 18.6 Å². The Hall–Kier alpha value is -2.68. The molecule has 10 heteroatoms. The molecule has 0 aliphatic rings. The van der Waals surface area contributed by atoms with Crippen LogP contribution in [-0.2, 0) is 14.8 Å². The van der Waals surface area contributed by atoms with Crippen LogP contribution in [0.3, 0.4) is 0 Å². The van der Waals surface area contributed by atoms with Crippen LogP contribution in [0.1, 0.15) is 5.56 Å². The lowest BCUT2D eigenvalue weighted by molar-refractivity contribution is -0.114. The minimum absolute atomic E-state index is 0.0489. The Morgan fingerprint density at radius 1 is 0.968 bits per heavy atom. The molecule has 0 heterocycles. The molecular weight excluding hydrogens is 469 g/mol. The zero-order valence-corrected chi connectivity index (χ0v) is 18.4. The van der Waals surface area contributed by atoms with Gasteiger partial charge >= 0.3 is 0 Å². The van der Waals surface area contributed by atoms with Crippen LogP contribution in [0.4, 0.5) is 20.2 Å². The third-order valence-electron chi connectivity index (χ3n) is 4.24. The van der Waals surface area contributed by atoms with E-state index in [-0.39, 0.29) is 26.3 Å². The summed E-state index contributed by atoms with van der Waals surface area (Å²) in [5, 5.41) is 2.57. The molecule has 5 nitrogen and oxygen atoms in total. The highest BCUT2D eigenvalue weighted by atomic mass is 35.5. The number of halogens is 4. The largest absolute Gasteiger partial charge is 0.322 e. The molecule has 1 N–H and O–H groups in total. The van der Waals surface area contributed by atoms with Gasteiger partial charge in [-0.05, 0) is 49.4 Å². The summed E-state index contributed by atoms with van der Waals surface area (Å²) in [7, 11) is -4.21. The van der Waals surface area contributed by atoms with Crippen LogP contribution in [0.25, 0.3) is 0 Å². The maximum Gasteiger partial charge on any atom is 0.264 e. The number of nitrogens with zero attached hydrogens (tertiary/aromatic N) is 1. The van der Waals surface area contributed by atoms with Crippen molar-refractivity contribution in [3.8, 4) is 0 Å². The maximum atomic E-state index is 13.9. The van der Waals surface area contributed by atoms with Crippen LogP contribution in [0.5, 0.6) is 0 Å². The quantitative estimate of drug-likeness (QED) is 0.508. The van der Waals surface area contributed by atoms with E-state index < -0.39 is 34.1 Å². The van der Waals surface area contributed by atoms with Crippen LogP contribution < -0.4 is 9.62 Å². The third kappa shape index (κ3) is 5.52. The van der Waals surface area contributed by atoms with Crippen molar-refractivity contribution >= 4 is 50.5 Å². The average molecular weight is 485 g/mol. The van der Waals surface area contributed by atoms with Gasteiger partial charge in [0.15, 0.2) is 0 Å². The second kappa shape index (κ2) is 9.21. The Labute approximate surface area is 188 Å². The van der Waals surface area contributed by atoms with E-state index in [1.807, 2.05) is 0 Å². The van der Waals surface area contributed by atoms with E-state index >= 15 is 0 Å². The molecule has 0 fully saturated rings. The molecule has 3 aromatic rings. The van der Waals surface area contributed by atoms with E-state index in [0.29, 0.717) is 6.07 Å². The number of anilines is 2. The average Bonchev–Trinajstić information content (AvgIpc) is 2.68. The highest BCUT2D eigenvalue weighted by Crippen LogP contribution is 2.30. The Kier molecular flexibility index (Phi) is 6.83. The summed E-state index contributed by atoms with van der Waals surface area (Å²) < 4.78 is 54.4. The fourth-order valence-corrected chi connectivity index (χ4v) is 4.67. The molecule has 0 atom stereocenters. The van der Waals surface area contributed by atoms with E-state index in [9.17, 15) is 22.0 Å². The molecule has 0 saturated carbocycles. The summed E-state index contributed by atoms with van der Waals surface area (Å²) >= 11 is 12.0. The number of hydrogen-bond donors (Lipinski definition) is 1. The number of hydrogen-bond acceptors (Lipinski definition) is 3. The van der Waals surface area contributed by atoms with Gasteiger partial charge in [0.2, 0.25) is 5.91 Å². The first-order valence-corrected chi connectivity index (χ1v) is 11.1. The van der Waals surface area contributed by atoms with E-state index in [1.54, 1.807) is 19.1 Å². The Balaban J connectivity index is 1.99. The number of carbonyl (C=O) groups excluding carboxylic acids is 1. The molecule has 0 aliphatic carbocycles. The first-order chi connectivity index (χ1) is 14.6. The van der Waals surface area contributed by atoms with Gasteiger partial charge in [-0.25, -0.2) is 17.2 Å². The van der Waals surface area contributed by atoms with Gasteiger partial charge < -0.3 is 5.32 Å². The van der Waals surface area contributed by atoms with Crippen LogP contribution in [0.15, 0.2) is 65.6 Å². The van der Waals surface area contributed by atoms with Gasteiger partial charge in [0.1, 0.15) is 18.2 Å². The topological polar surface area (TPSA) is 66.5 Å². The smallest absolute Gasteiger partial charge is 0.264 e. The van der Waals surface area contributed by atoms with E-state index in [1.165, 1.54) is 30.3 Å². The van der Waals surface area contributed by atoms with Gasteiger partial charge in [0.05, 0.1) is 16.3 Å². The second-order valence-electron chi connectivity index (χ2n) is 6.62. The molecule has 0 unspecified atom stereocenters. The lowest BCUT2D eigenvalue weighted by atomic mass is 10.2. The van der Waals surface area contributed by atoms with Crippen molar-refractivity contribution in [2.24, 2.45) is 0 Å². The van der Waals surface area contributed by atoms with Gasteiger partial charge in [-0.15, -0.1) is 0 Å². The van der Waals surface area contributed by atoms with Gasteiger partial charge in [0.25, 0.3) is 10.0 Å². The summed E-state index contributed by atoms with van der Waals surface area (Å²) in [6.07, 6.45) is 0. The first kappa shape index (κ1) is 23.0. The lowest BCUT2D eigenvalue weighted by Crippen LogP contribution is -2.38. The monoisotopic (exact) mass is 484 g/mol. The predicted octanol–water partition coefficient (Wildman–Crippen LogP) is 5.41. The molecule has 1 amide bonds. The molecule has 0 saturated heterocycles. The molecule has 3 rings (SSSR count). The highest BCUT2D eigenvalue weighted by Gasteiger charge is 2.28. The molecular formula is C21H16Cl2F2N2O3S. The van der Waals surface area contributed by atoms with Gasteiger partial charge in [-0.3, -0.25) is 9.10 Å². The Morgan fingerprint density at radius 2 is 1.58 bits per heavy atom. The third-order valence-corrected chi connectivity index (χ3v) is 6.46. The normalized spacial score (nSPS) is 11.3. The summed E-state index contributed by atoms with van der Waals surface area (Å²) in [5.41, 5.74) is 0.608. The minimum atomic E-state index is -4.21. The number of benzene rings is 3. The van der Waals surface area contributed by atoms with Crippen molar-refractivity contribution in [2.75, 3.05) is 16.2 Å². The number of amides is 1. The predicted molar refractivity (Wildman–Crippen MR) is 117 cm³/mol. The van der Waals surface area contributed by atoms with Crippen molar-refractivity contribution in [2.45, 2.75) is 11.8 Å². The van der Waals surface area contributed by atoms with Crippen LogP contribution in [-0.4, -0.2) is 20.9 Å². The van der Waals surface area contributed by atoms with Crippen LogP contribution in [0.2, 0.25) is 10.0 Å². The van der Waals surface area contributed by atoms with Crippen molar-refractivity contribution in [1.29, 1.82) is 0 Å². The zero-order valence-electron chi connectivity index (χ0n) is 16.1. The van der Waals surface area contributed by atoms with Crippen molar-refractivity contribution in [1.82, 2.24) is 0 Å². The molecule has 0 bridgehead atoms.